The molecule has 0 atom stereocenters. The van der Waals surface area contributed by atoms with Gasteiger partial charge in [0, 0.05) is 31.4 Å². The Kier molecular flexibility index (Phi) is 5.62. The number of anilines is 1. The number of carboxylic acid groups (broad SMARTS) is 1. The highest BCUT2D eigenvalue weighted by Crippen LogP contribution is 2.34. The van der Waals surface area contributed by atoms with Gasteiger partial charge >= 0.3 is 5.97 Å². The van der Waals surface area contributed by atoms with E-state index in [2.05, 4.69) is 4.90 Å². The number of rotatable bonds is 6. The van der Waals surface area contributed by atoms with Crippen molar-refractivity contribution >= 4 is 17.6 Å². The fourth-order valence-electron chi connectivity index (χ4n) is 4.43. The fourth-order valence-corrected chi connectivity index (χ4v) is 4.43. The minimum absolute atomic E-state index is 0.0339. The zero-order valence-corrected chi connectivity index (χ0v) is 16.3. The van der Waals surface area contributed by atoms with Crippen LogP contribution in [0.2, 0.25) is 0 Å². The number of aliphatic carboxylic acids is 1. The smallest absolute Gasteiger partial charge is 0.307 e. The second-order valence-corrected chi connectivity index (χ2v) is 7.93. The number of likely N-dealkylation sites (tertiary alicyclic amines) is 1. The highest BCUT2D eigenvalue weighted by atomic mass is 19.1. The van der Waals surface area contributed by atoms with Crippen LogP contribution >= 0.6 is 0 Å². The maximum absolute atomic E-state index is 13.3. The summed E-state index contributed by atoms with van der Waals surface area (Å²) in [6, 6.07) is 12.4. The van der Waals surface area contributed by atoms with Crippen LogP contribution in [0.3, 0.4) is 0 Å². The third-order valence-corrected chi connectivity index (χ3v) is 5.90. The van der Waals surface area contributed by atoms with Gasteiger partial charge in [-0.2, -0.15) is 0 Å². The molecule has 29 heavy (non-hydrogen) atoms. The number of fused-ring (bicyclic) bond motifs is 1. The van der Waals surface area contributed by atoms with Gasteiger partial charge < -0.3 is 14.9 Å². The minimum atomic E-state index is -0.868. The van der Waals surface area contributed by atoms with Crippen molar-refractivity contribution in [3.05, 3.63) is 65.0 Å². The van der Waals surface area contributed by atoms with Crippen LogP contribution in [-0.4, -0.2) is 47.6 Å². The standard InChI is InChI=1S/C23H25FN2O3/c24-19-3-1-2-16(12-19)6-9-25-10-7-20(8-11-25)26-21-13-17(14-23(28)29)4-5-18(21)15-22(26)27/h1-5,12-13,20H,6-11,14-15H2,(H,28,29). The van der Waals surface area contributed by atoms with E-state index in [0.29, 0.717) is 6.42 Å². The van der Waals surface area contributed by atoms with Crippen LogP contribution in [0.4, 0.5) is 10.1 Å². The van der Waals surface area contributed by atoms with E-state index in [4.69, 9.17) is 5.11 Å². The number of amides is 1. The van der Waals surface area contributed by atoms with Crippen molar-refractivity contribution in [2.45, 2.75) is 38.1 Å². The highest BCUT2D eigenvalue weighted by molar-refractivity contribution is 6.02. The number of hydrogen-bond donors (Lipinski definition) is 1. The second-order valence-electron chi connectivity index (χ2n) is 7.93. The molecule has 2 aromatic carbocycles. The molecule has 0 saturated carbocycles. The third kappa shape index (κ3) is 4.48. The summed E-state index contributed by atoms with van der Waals surface area (Å²) in [4.78, 5) is 27.9. The van der Waals surface area contributed by atoms with E-state index in [1.165, 1.54) is 6.07 Å². The number of carbonyl (C=O) groups excluding carboxylic acids is 1. The summed E-state index contributed by atoms with van der Waals surface area (Å²) < 4.78 is 13.3. The van der Waals surface area contributed by atoms with E-state index in [0.717, 1.165) is 61.3 Å². The average Bonchev–Trinajstić information content (AvgIpc) is 3.01. The number of hydrogen-bond acceptors (Lipinski definition) is 3. The van der Waals surface area contributed by atoms with Crippen molar-refractivity contribution < 1.29 is 19.1 Å². The Hall–Kier alpha value is -2.73. The summed E-state index contributed by atoms with van der Waals surface area (Å²) in [7, 11) is 0. The van der Waals surface area contributed by atoms with Crippen LogP contribution in [0.25, 0.3) is 0 Å². The number of halogens is 1. The van der Waals surface area contributed by atoms with Crippen LogP contribution < -0.4 is 4.90 Å². The maximum atomic E-state index is 13.3. The fraction of sp³-hybridized carbons (Fsp3) is 0.391. The molecule has 1 amide bonds. The van der Waals surface area contributed by atoms with Crippen LogP contribution in [0.5, 0.6) is 0 Å². The Morgan fingerprint density at radius 2 is 1.90 bits per heavy atom. The molecule has 4 rings (SSSR count). The first-order chi connectivity index (χ1) is 14.0. The van der Waals surface area contributed by atoms with Gasteiger partial charge in [0.15, 0.2) is 0 Å². The summed E-state index contributed by atoms with van der Waals surface area (Å²) in [6.45, 7) is 2.67. The van der Waals surface area contributed by atoms with E-state index < -0.39 is 5.97 Å². The summed E-state index contributed by atoms with van der Waals surface area (Å²) in [6.07, 6.45) is 2.94. The predicted octanol–water partition coefficient (Wildman–Crippen LogP) is 3.05. The van der Waals surface area contributed by atoms with Gasteiger partial charge in [-0.25, -0.2) is 4.39 Å². The van der Waals surface area contributed by atoms with Crippen molar-refractivity contribution in [3.63, 3.8) is 0 Å². The lowest BCUT2D eigenvalue weighted by Crippen LogP contribution is -2.46. The first-order valence-corrected chi connectivity index (χ1v) is 10.1. The van der Waals surface area contributed by atoms with Crippen molar-refractivity contribution in [1.29, 1.82) is 0 Å². The zero-order valence-electron chi connectivity index (χ0n) is 16.3. The van der Waals surface area contributed by atoms with Gasteiger partial charge in [-0.3, -0.25) is 9.59 Å². The first-order valence-electron chi connectivity index (χ1n) is 10.1. The molecule has 1 N–H and O–H groups in total. The molecular weight excluding hydrogens is 371 g/mol. The van der Waals surface area contributed by atoms with E-state index in [9.17, 15) is 14.0 Å². The lowest BCUT2D eigenvalue weighted by molar-refractivity contribution is -0.136. The van der Waals surface area contributed by atoms with Gasteiger partial charge in [-0.1, -0.05) is 24.3 Å². The highest BCUT2D eigenvalue weighted by Gasteiger charge is 2.35. The quantitative estimate of drug-likeness (QED) is 0.815. The minimum Gasteiger partial charge on any atom is -0.481 e. The molecule has 0 aromatic heterocycles. The Morgan fingerprint density at radius 1 is 1.10 bits per heavy atom. The topological polar surface area (TPSA) is 60.9 Å². The van der Waals surface area contributed by atoms with Crippen LogP contribution in [-0.2, 0) is 28.9 Å². The summed E-state index contributed by atoms with van der Waals surface area (Å²) >= 11 is 0. The average molecular weight is 396 g/mol. The lowest BCUT2D eigenvalue weighted by atomic mass is 10.0. The van der Waals surface area contributed by atoms with E-state index in [1.807, 2.05) is 23.1 Å². The van der Waals surface area contributed by atoms with Crippen molar-refractivity contribution in [2.24, 2.45) is 0 Å². The van der Waals surface area contributed by atoms with E-state index >= 15 is 0 Å². The molecule has 2 aliphatic heterocycles. The molecule has 5 nitrogen and oxygen atoms in total. The molecule has 1 fully saturated rings. The van der Waals surface area contributed by atoms with Gasteiger partial charge in [0.2, 0.25) is 5.91 Å². The molecule has 1 saturated heterocycles. The van der Waals surface area contributed by atoms with Crippen molar-refractivity contribution in [1.82, 2.24) is 4.90 Å². The lowest BCUT2D eigenvalue weighted by Gasteiger charge is -2.37. The van der Waals surface area contributed by atoms with E-state index in [-0.39, 0.29) is 24.2 Å². The van der Waals surface area contributed by atoms with Crippen molar-refractivity contribution in [3.8, 4) is 0 Å². The van der Waals surface area contributed by atoms with Gasteiger partial charge in [-0.05, 0) is 54.2 Å². The Bertz CT molecular complexity index is 922. The zero-order chi connectivity index (χ0) is 20.4. The van der Waals surface area contributed by atoms with Gasteiger partial charge in [0.05, 0.1) is 12.8 Å². The SMILES string of the molecule is O=C(O)Cc1ccc2c(c1)N(C1CCN(CCc3cccc(F)c3)CC1)C(=O)C2. The molecule has 2 heterocycles. The summed E-state index contributed by atoms with van der Waals surface area (Å²) in [5.74, 6) is -0.965. The largest absolute Gasteiger partial charge is 0.481 e. The molecular formula is C23H25FN2O3. The molecule has 6 heteroatoms. The first kappa shape index (κ1) is 19.6. The number of nitrogens with zero attached hydrogens (tertiary/aromatic N) is 2. The van der Waals surface area contributed by atoms with Gasteiger partial charge in [0.1, 0.15) is 5.82 Å². The molecule has 152 valence electrons. The monoisotopic (exact) mass is 396 g/mol. The second kappa shape index (κ2) is 8.33. The normalized spacial score (nSPS) is 17.6. The predicted molar refractivity (Wildman–Crippen MR) is 109 cm³/mol. The van der Waals surface area contributed by atoms with Gasteiger partial charge in [-0.15, -0.1) is 0 Å². The third-order valence-electron chi connectivity index (χ3n) is 5.90. The number of carbonyl (C=O) groups is 2. The van der Waals surface area contributed by atoms with Crippen LogP contribution in [0.1, 0.15) is 29.5 Å². The van der Waals surface area contributed by atoms with Crippen molar-refractivity contribution in [2.75, 3.05) is 24.5 Å². The summed E-state index contributed by atoms with van der Waals surface area (Å²) in [5, 5.41) is 9.05. The molecule has 0 bridgehead atoms. The molecule has 0 unspecified atom stereocenters. The maximum Gasteiger partial charge on any atom is 0.307 e. The molecule has 0 radical (unpaired) electrons. The Morgan fingerprint density at radius 3 is 2.62 bits per heavy atom. The summed E-state index contributed by atoms with van der Waals surface area (Å²) in [5.41, 5.74) is 3.59. The number of benzene rings is 2. The van der Waals surface area contributed by atoms with Crippen LogP contribution in [0, 0.1) is 5.82 Å². The van der Waals surface area contributed by atoms with Crippen LogP contribution in [0.15, 0.2) is 42.5 Å². The molecule has 2 aromatic rings. The molecule has 0 aliphatic carbocycles. The number of carboxylic acids is 1. The van der Waals surface area contributed by atoms with E-state index in [1.54, 1.807) is 18.2 Å². The Balaban J connectivity index is 1.37. The Labute approximate surface area is 169 Å². The molecule has 0 spiro atoms. The number of piperidine rings is 1. The molecule has 2 aliphatic rings. The van der Waals surface area contributed by atoms with Gasteiger partial charge in [0.25, 0.3) is 0 Å².